The number of pyridine rings is 2. The summed E-state index contributed by atoms with van der Waals surface area (Å²) >= 11 is 0. The summed E-state index contributed by atoms with van der Waals surface area (Å²) in [6, 6.07) is 53.5. The summed E-state index contributed by atoms with van der Waals surface area (Å²) in [5, 5.41) is 31.2. The van der Waals surface area contributed by atoms with Crippen molar-refractivity contribution in [2.45, 2.75) is 63.7 Å². The Kier molecular flexibility index (Phi) is 17.4. The molecule has 4 N–H and O–H groups in total. The van der Waals surface area contributed by atoms with Crippen LogP contribution in [0.2, 0.25) is 0 Å². The Bertz CT molecular complexity index is 4280. The van der Waals surface area contributed by atoms with Crippen molar-refractivity contribution in [1.29, 1.82) is 0 Å². The average molecular weight is 1230 g/mol. The lowest BCUT2D eigenvalue weighted by atomic mass is 10.0. The van der Waals surface area contributed by atoms with Gasteiger partial charge in [0.15, 0.2) is 34.5 Å². The molecule has 14 rings (SSSR count). The fourth-order valence-electron chi connectivity index (χ4n) is 10.7. The van der Waals surface area contributed by atoms with Crippen LogP contribution in [0, 0.1) is 11.6 Å². The van der Waals surface area contributed by atoms with Crippen molar-refractivity contribution in [3.8, 4) is 11.5 Å². The fraction of sp³-hybridized carbons (Fsp3) is 0.171. The van der Waals surface area contributed by atoms with E-state index in [2.05, 4.69) is 86.8 Å². The maximum atomic E-state index is 15.6. The third-order valence-corrected chi connectivity index (χ3v) is 15.8. The molecule has 2 fully saturated rings. The SMILES string of the molecule is COc1ccc(NN=C(c2ccccc2)c2ccccc2)c(CNC(=O)c2cn(Cc3cn4cc(C5CC5)ccc4n3)nn2)c1F.COc1ccc(NN=C(c2ccccc2)c2ccccc2)c(CNC(=O)c2cn(Cc3cn4cc(C5CC5)ccc4n3)nn2)c1F. The van der Waals surface area contributed by atoms with E-state index < -0.39 is 23.4 Å². The molecule has 12 aromatic rings. The van der Waals surface area contributed by atoms with E-state index in [0.29, 0.717) is 47.7 Å². The Balaban J connectivity index is 0.000000168. The van der Waals surface area contributed by atoms with Crippen molar-refractivity contribution in [3.05, 3.63) is 286 Å². The van der Waals surface area contributed by atoms with Gasteiger partial charge in [0.2, 0.25) is 0 Å². The predicted molar refractivity (Wildman–Crippen MR) is 345 cm³/mol. The number of nitrogens with zero attached hydrogens (tertiary/aromatic N) is 12. The number of aromatic nitrogens is 10. The number of hydrazone groups is 2. The van der Waals surface area contributed by atoms with Crippen LogP contribution in [-0.2, 0) is 26.2 Å². The first kappa shape index (κ1) is 59.3. The minimum absolute atomic E-state index is 0.0489. The number of fused-ring (bicyclic) bond motifs is 2. The van der Waals surface area contributed by atoms with Gasteiger partial charge in [-0.3, -0.25) is 20.4 Å². The summed E-state index contributed by atoms with van der Waals surface area (Å²) in [6.07, 6.45) is 16.2. The summed E-state index contributed by atoms with van der Waals surface area (Å²) in [5.74, 6) is -0.813. The van der Waals surface area contributed by atoms with E-state index in [1.54, 1.807) is 33.9 Å². The molecular weight excluding hydrogens is 1170 g/mol. The number of ether oxygens (including phenoxy) is 2. The van der Waals surface area contributed by atoms with Crippen LogP contribution < -0.4 is 31.0 Å². The summed E-state index contributed by atoms with van der Waals surface area (Å²) in [7, 11) is 2.78. The molecule has 0 radical (unpaired) electrons. The number of imidazole rings is 2. The molecule has 2 saturated carbocycles. The molecule has 0 bridgehead atoms. The van der Waals surface area contributed by atoms with Gasteiger partial charge in [-0.05, 0) is 85.0 Å². The summed E-state index contributed by atoms with van der Waals surface area (Å²) in [4.78, 5) is 35.5. The zero-order chi connectivity index (χ0) is 62.9. The molecule has 2 amide bonds. The molecule has 92 heavy (non-hydrogen) atoms. The predicted octanol–water partition coefficient (Wildman–Crippen LogP) is 11.6. The van der Waals surface area contributed by atoms with E-state index in [1.165, 1.54) is 63.2 Å². The highest BCUT2D eigenvalue weighted by Crippen LogP contribution is 2.41. The molecule has 2 aliphatic rings. The molecule has 22 heteroatoms. The van der Waals surface area contributed by atoms with Crippen molar-refractivity contribution in [3.63, 3.8) is 0 Å². The molecule has 0 spiro atoms. The van der Waals surface area contributed by atoms with Crippen molar-refractivity contribution in [1.82, 2.24) is 59.4 Å². The highest BCUT2D eigenvalue weighted by atomic mass is 19.1. The Morgan fingerprint density at radius 2 is 0.848 bits per heavy atom. The van der Waals surface area contributed by atoms with Crippen LogP contribution in [0.4, 0.5) is 20.2 Å². The van der Waals surface area contributed by atoms with Gasteiger partial charge in [0, 0.05) is 71.3 Å². The van der Waals surface area contributed by atoms with Gasteiger partial charge in [0.25, 0.3) is 11.8 Å². The van der Waals surface area contributed by atoms with E-state index in [0.717, 1.165) is 44.9 Å². The van der Waals surface area contributed by atoms with Crippen LogP contribution in [0.5, 0.6) is 11.5 Å². The van der Waals surface area contributed by atoms with Gasteiger partial charge in [-0.1, -0.05) is 144 Å². The molecule has 6 aromatic carbocycles. The van der Waals surface area contributed by atoms with Crippen LogP contribution in [0.25, 0.3) is 11.3 Å². The summed E-state index contributed by atoms with van der Waals surface area (Å²) in [6.45, 7) is 0.410. The molecule has 460 valence electrons. The zero-order valence-corrected chi connectivity index (χ0v) is 50.2. The summed E-state index contributed by atoms with van der Waals surface area (Å²) < 4.78 is 48.7. The van der Waals surface area contributed by atoms with E-state index >= 15 is 8.78 Å². The van der Waals surface area contributed by atoms with Crippen molar-refractivity contribution >= 4 is 45.9 Å². The van der Waals surface area contributed by atoms with Gasteiger partial charge in [-0.2, -0.15) is 10.2 Å². The standard InChI is InChI=1S/2C35H31FN8O2/c2*1-46-31-16-15-29(39-41-34(24-8-4-2-5-9-24)25-10-6-3-7-11-25)28(33(31)36)18-37-35(45)30-22-44(42-40-30)21-27-20-43-19-26(23-12-13-23)14-17-32(43)38-27/h2*2-11,14-17,19-20,22-23,39H,12-13,18,21H2,1H3,(H,37,45). The molecular formula is C70H62F2N16O4. The number of hydrogen-bond acceptors (Lipinski definition) is 14. The molecule has 0 unspecified atom stereocenters. The summed E-state index contributed by atoms with van der Waals surface area (Å²) in [5.41, 5.74) is 18.2. The van der Waals surface area contributed by atoms with E-state index in [1.807, 2.05) is 155 Å². The van der Waals surface area contributed by atoms with E-state index in [4.69, 9.17) is 9.47 Å². The number of hydrogen-bond donors (Lipinski definition) is 4. The normalized spacial score (nSPS) is 12.6. The van der Waals surface area contributed by atoms with Crippen LogP contribution in [0.15, 0.2) is 217 Å². The Labute approximate surface area is 527 Å². The molecule has 6 heterocycles. The third-order valence-electron chi connectivity index (χ3n) is 15.8. The first-order valence-electron chi connectivity index (χ1n) is 30.0. The smallest absolute Gasteiger partial charge is 0.273 e. The molecule has 20 nitrogen and oxygen atoms in total. The number of carbonyl (C=O) groups is 2. The van der Waals surface area contributed by atoms with Gasteiger partial charge in [-0.25, -0.2) is 28.1 Å². The first-order valence-corrected chi connectivity index (χ1v) is 30.0. The minimum Gasteiger partial charge on any atom is -0.494 e. The Morgan fingerprint density at radius 1 is 0.478 bits per heavy atom. The van der Waals surface area contributed by atoms with Crippen LogP contribution in [0.1, 0.15) is 114 Å². The molecule has 0 aliphatic heterocycles. The number of halogens is 2. The van der Waals surface area contributed by atoms with E-state index in [-0.39, 0.29) is 47.1 Å². The van der Waals surface area contributed by atoms with Gasteiger partial charge in [0.1, 0.15) is 11.3 Å². The lowest BCUT2D eigenvalue weighted by molar-refractivity contribution is 0.0937. The van der Waals surface area contributed by atoms with Gasteiger partial charge >= 0.3 is 0 Å². The maximum Gasteiger partial charge on any atom is 0.273 e. The zero-order valence-electron chi connectivity index (χ0n) is 50.2. The number of carbonyl (C=O) groups excluding carboxylic acids is 2. The second-order valence-corrected chi connectivity index (χ2v) is 22.3. The lowest BCUT2D eigenvalue weighted by Crippen LogP contribution is -2.24. The van der Waals surface area contributed by atoms with Gasteiger partial charge in [-0.15, -0.1) is 10.2 Å². The van der Waals surface area contributed by atoms with Crippen molar-refractivity contribution in [2.24, 2.45) is 10.2 Å². The van der Waals surface area contributed by atoms with Gasteiger partial charge in [0.05, 0.1) is 73.9 Å². The number of amides is 2. The monoisotopic (exact) mass is 1230 g/mol. The first-order chi connectivity index (χ1) is 45.1. The quantitative estimate of drug-likeness (QED) is 0.0368. The average Bonchev–Trinajstić information content (AvgIpc) is 1.99. The molecule has 0 saturated heterocycles. The molecule has 0 atom stereocenters. The second-order valence-electron chi connectivity index (χ2n) is 22.3. The topological polar surface area (TPSA) is 221 Å². The number of benzene rings is 6. The second kappa shape index (κ2) is 27.0. The van der Waals surface area contributed by atoms with Gasteiger partial charge < -0.3 is 28.9 Å². The molecule has 2 aliphatic carbocycles. The molecule has 6 aromatic heterocycles. The highest BCUT2D eigenvalue weighted by molar-refractivity contribution is 6.14. The third kappa shape index (κ3) is 13.8. The number of anilines is 2. The Hall–Kier alpha value is -11.7. The van der Waals surface area contributed by atoms with E-state index in [9.17, 15) is 9.59 Å². The minimum atomic E-state index is -0.607. The lowest BCUT2D eigenvalue weighted by Gasteiger charge is -2.15. The number of rotatable bonds is 22. The van der Waals surface area contributed by atoms with Crippen LogP contribution in [-0.4, -0.2) is 86.2 Å². The highest BCUT2D eigenvalue weighted by Gasteiger charge is 2.26. The maximum absolute atomic E-state index is 15.6. The Morgan fingerprint density at radius 3 is 1.20 bits per heavy atom. The van der Waals surface area contributed by atoms with Crippen molar-refractivity contribution in [2.75, 3.05) is 25.1 Å². The largest absolute Gasteiger partial charge is 0.494 e. The number of nitrogens with one attached hydrogen (secondary N) is 4. The van der Waals surface area contributed by atoms with Crippen LogP contribution in [0.3, 0.4) is 0 Å². The van der Waals surface area contributed by atoms with Crippen molar-refractivity contribution < 1.29 is 27.8 Å². The fourth-order valence-corrected chi connectivity index (χ4v) is 10.7. The van der Waals surface area contributed by atoms with Crippen LogP contribution >= 0.6 is 0 Å². The number of methoxy groups -OCH3 is 2.